The molecule has 4 rings (SSSR count). The van der Waals surface area contributed by atoms with Gasteiger partial charge in [-0.25, -0.2) is 4.99 Å². The van der Waals surface area contributed by atoms with Crippen LogP contribution in [0, 0.1) is 0 Å². The molecule has 2 aromatic carbocycles. The number of halogens is 1. The maximum absolute atomic E-state index is 13.3. The third kappa shape index (κ3) is 5.45. The van der Waals surface area contributed by atoms with E-state index in [2.05, 4.69) is 5.32 Å². The number of amidine groups is 1. The fraction of sp³-hybridized carbons (Fsp3) is 0.375. The highest BCUT2D eigenvalue weighted by Gasteiger charge is 2.43. The number of amides is 2. The Labute approximate surface area is 197 Å². The van der Waals surface area contributed by atoms with Gasteiger partial charge in [-0.2, -0.15) is 0 Å². The number of benzene rings is 2. The second-order valence-electron chi connectivity index (χ2n) is 7.84. The lowest BCUT2D eigenvalue weighted by atomic mass is 10.2. The van der Waals surface area contributed by atoms with Crippen LogP contribution < -0.4 is 10.1 Å². The van der Waals surface area contributed by atoms with Crippen molar-refractivity contribution in [1.82, 2.24) is 4.90 Å². The molecular weight excluding hydrogens is 446 g/mol. The van der Waals surface area contributed by atoms with E-state index < -0.39 is 5.25 Å². The summed E-state index contributed by atoms with van der Waals surface area (Å²) < 4.78 is 5.50. The summed E-state index contributed by atoms with van der Waals surface area (Å²) in [6.45, 7) is 2.55. The number of hydrogen-bond donors (Lipinski definition) is 1. The molecule has 1 aliphatic heterocycles. The van der Waals surface area contributed by atoms with E-state index in [1.807, 2.05) is 36.1 Å². The molecule has 6 nitrogen and oxygen atoms in total. The molecule has 2 amide bonds. The average molecular weight is 472 g/mol. The topological polar surface area (TPSA) is 71.0 Å². The quantitative estimate of drug-likeness (QED) is 0.567. The minimum Gasteiger partial charge on any atom is -0.494 e. The fourth-order valence-electron chi connectivity index (χ4n) is 4.03. The number of anilines is 1. The summed E-state index contributed by atoms with van der Waals surface area (Å²) >= 11 is 7.37. The van der Waals surface area contributed by atoms with Crippen molar-refractivity contribution in [1.29, 1.82) is 0 Å². The lowest BCUT2D eigenvalue weighted by molar-refractivity contribution is -0.129. The second-order valence-corrected chi connectivity index (χ2v) is 9.44. The molecule has 0 radical (unpaired) electrons. The van der Waals surface area contributed by atoms with Crippen LogP contribution in [0.3, 0.4) is 0 Å². The zero-order valence-electron chi connectivity index (χ0n) is 17.9. The molecule has 0 spiro atoms. The van der Waals surface area contributed by atoms with E-state index in [1.54, 1.807) is 24.3 Å². The van der Waals surface area contributed by atoms with Crippen molar-refractivity contribution in [3.05, 3.63) is 53.6 Å². The number of nitrogens with one attached hydrogen (secondary N) is 1. The molecule has 168 valence electrons. The van der Waals surface area contributed by atoms with Crippen LogP contribution in [0.5, 0.6) is 5.75 Å². The smallest absolute Gasteiger partial charge is 0.242 e. The Hall–Kier alpha value is -2.51. The molecule has 2 fully saturated rings. The van der Waals surface area contributed by atoms with Crippen molar-refractivity contribution < 1.29 is 14.3 Å². The van der Waals surface area contributed by atoms with Crippen LogP contribution in [0.25, 0.3) is 0 Å². The van der Waals surface area contributed by atoms with Crippen molar-refractivity contribution in [3.63, 3.8) is 0 Å². The van der Waals surface area contributed by atoms with E-state index in [0.29, 0.717) is 22.5 Å². The van der Waals surface area contributed by atoms with Crippen molar-refractivity contribution in [2.45, 2.75) is 50.3 Å². The molecule has 2 aliphatic rings. The van der Waals surface area contributed by atoms with E-state index in [0.717, 1.165) is 37.1 Å². The summed E-state index contributed by atoms with van der Waals surface area (Å²) in [7, 11) is 0. The first-order chi connectivity index (χ1) is 15.5. The van der Waals surface area contributed by atoms with E-state index in [-0.39, 0.29) is 24.3 Å². The van der Waals surface area contributed by atoms with Gasteiger partial charge >= 0.3 is 0 Å². The van der Waals surface area contributed by atoms with Gasteiger partial charge in [0, 0.05) is 23.2 Å². The largest absolute Gasteiger partial charge is 0.494 e. The maximum atomic E-state index is 13.3. The molecule has 1 aliphatic carbocycles. The predicted molar refractivity (Wildman–Crippen MR) is 130 cm³/mol. The Balaban J connectivity index is 1.50. The van der Waals surface area contributed by atoms with Gasteiger partial charge in [-0.15, -0.1) is 0 Å². The van der Waals surface area contributed by atoms with Crippen LogP contribution in [0.2, 0.25) is 5.02 Å². The Kier molecular flexibility index (Phi) is 7.37. The van der Waals surface area contributed by atoms with Crippen LogP contribution in [0.4, 0.5) is 11.4 Å². The van der Waals surface area contributed by atoms with E-state index in [1.165, 1.54) is 11.8 Å². The summed E-state index contributed by atoms with van der Waals surface area (Å²) in [5.41, 5.74) is 1.38. The molecule has 2 aromatic rings. The minimum atomic E-state index is -0.490. The van der Waals surface area contributed by atoms with E-state index >= 15 is 0 Å². The van der Waals surface area contributed by atoms with Crippen molar-refractivity contribution >= 4 is 51.7 Å². The molecule has 32 heavy (non-hydrogen) atoms. The lowest BCUT2D eigenvalue weighted by Crippen LogP contribution is -2.40. The Morgan fingerprint density at radius 2 is 1.97 bits per heavy atom. The monoisotopic (exact) mass is 471 g/mol. The Bertz CT molecular complexity index is 1010. The molecule has 1 N–H and O–H groups in total. The van der Waals surface area contributed by atoms with Crippen LogP contribution in [-0.4, -0.2) is 39.8 Å². The molecule has 1 saturated heterocycles. The maximum Gasteiger partial charge on any atom is 0.242 e. The minimum absolute atomic E-state index is 0.0344. The molecular formula is C24H26ClN3O3S. The third-order valence-electron chi connectivity index (χ3n) is 5.51. The predicted octanol–water partition coefficient (Wildman–Crippen LogP) is 5.64. The third-order valence-corrected chi connectivity index (χ3v) is 6.89. The zero-order chi connectivity index (χ0) is 22.5. The Morgan fingerprint density at radius 1 is 1.22 bits per heavy atom. The Morgan fingerprint density at radius 3 is 2.66 bits per heavy atom. The van der Waals surface area contributed by atoms with Crippen LogP contribution >= 0.6 is 23.4 Å². The van der Waals surface area contributed by atoms with Crippen molar-refractivity contribution in [3.8, 4) is 5.75 Å². The van der Waals surface area contributed by atoms with Gasteiger partial charge in [0.1, 0.15) is 11.0 Å². The van der Waals surface area contributed by atoms with Crippen LogP contribution in [-0.2, 0) is 9.59 Å². The standard InChI is InChI=1S/C24H26ClN3O3S/c1-2-31-20-12-10-17(11-13-20)27-24-28(19-8-3-4-9-19)23(30)21(32-24)15-22(29)26-18-7-5-6-16(25)14-18/h5-7,10-14,19,21H,2-4,8-9,15H2,1H3,(H,26,29). The van der Waals surface area contributed by atoms with Gasteiger partial charge < -0.3 is 10.1 Å². The molecule has 1 heterocycles. The molecule has 1 atom stereocenters. The van der Waals surface area contributed by atoms with Crippen LogP contribution in [0.15, 0.2) is 53.5 Å². The van der Waals surface area contributed by atoms with Gasteiger partial charge in [-0.1, -0.05) is 42.3 Å². The number of carbonyl (C=O) groups is 2. The van der Waals surface area contributed by atoms with Crippen LogP contribution in [0.1, 0.15) is 39.0 Å². The molecule has 1 unspecified atom stereocenters. The SMILES string of the molecule is CCOc1ccc(N=C2SC(CC(=O)Nc3cccc(Cl)c3)C(=O)N2C2CCCC2)cc1. The summed E-state index contributed by atoms with van der Waals surface area (Å²) in [6, 6.07) is 14.7. The fourth-order valence-corrected chi connectivity index (χ4v) is 5.44. The second kappa shape index (κ2) is 10.4. The number of hydrogen-bond acceptors (Lipinski definition) is 5. The molecule has 8 heteroatoms. The van der Waals surface area contributed by atoms with Gasteiger partial charge in [0.25, 0.3) is 0 Å². The van der Waals surface area contributed by atoms with Crippen molar-refractivity contribution in [2.24, 2.45) is 4.99 Å². The highest BCUT2D eigenvalue weighted by molar-refractivity contribution is 8.15. The average Bonchev–Trinajstić information content (AvgIpc) is 3.38. The number of ether oxygens (including phenoxy) is 1. The summed E-state index contributed by atoms with van der Waals surface area (Å²) in [4.78, 5) is 32.5. The van der Waals surface area contributed by atoms with Gasteiger partial charge in [0.2, 0.25) is 11.8 Å². The van der Waals surface area contributed by atoms with E-state index in [9.17, 15) is 9.59 Å². The highest BCUT2D eigenvalue weighted by Crippen LogP contribution is 2.37. The van der Waals surface area contributed by atoms with Crippen molar-refractivity contribution in [2.75, 3.05) is 11.9 Å². The first-order valence-corrected chi connectivity index (χ1v) is 12.2. The first-order valence-electron chi connectivity index (χ1n) is 10.9. The van der Waals surface area contributed by atoms with Gasteiger partial charge in [0.05, 0.1) is 12.3 Å². The number of rotatable bonds is 7. The molecule has 1 saturated carbocycles. The van der Waals surface area contributed by atoms with Gasteiger partial charge in [-0.3, -0.25) is 14.5 Å². The highest BCUT2D eigenvalue weighted by atomic mass is 35.5. The first kappa shape index (κ1) is 22.7. The molecule has 0 bridgehead atoms. The number of thioether (sulfide) groups is 1. The number of nitrogens with zero attached hydrogens (tertiary/aromatic N) is 2. The number of carbonyl (C=O) groups excluding carboxylic acids is 2. The van der Waals surface area contributed by atoms with E-state index in [4.69, 9.17) is 21.3 Å². The summed E-state index contributed by atoms with van der Waals surface area (Å²) in [5.74, 6) is 0.537. The summed E-state index contributed by atoms with van der Waals surface area (Å²) in [6.07, 6.45) is 4.23. The van der Waals surface area contributed by atoms with Gasteiger partial charge in [0.15, 0.2) is 5.17 Å². The summed E-state index contributed by atoms with van der Waals surface area (Å²) in [5, 5.41) is 3.57. The normalized spacial score (nSPS) is 20.2. The molecule has 0 aromatic heterocycles. The number of aliphatic imine (C=N–C) groups is 1. The van der Waals surface area contributed by atoms with Gasteiger partial charge in [-0.05, 0) is 62.2 Å². The lowest BCUT2D eigenvalue weighted by Gasteiger charge is -2.23. The zero-order valence-corrected chi connectivity index (χ0v) is 19.5.